The third-order valence-electron chi connectivity index (χ3n) is 5.00. The van der Waals surface area contributed by atoms with Gasteiger partial charge in [0.05, 0.1) is 0 Å². The predicted molar refractivity (Wildman–Crippen MR) is 118 cm³/mol. The summed E-state index contributed by atoms with van der Waals surface area (Å²) in [4.78, 5) is 0. The molecule has 0 aliphatic rings. The minimum Gasteiger partial charge on any atom is -0.381 e. The lowest BCUT2D eigenvalue weighted by Crippen LogP contribution is -2.07. The topological polar surface area (TPSA) is 12.0 Å². The number of hydrogen-bond donors (Lipinski definition) is 1. The van der Waals surface area contributed by atoms with Crippen molar-refractivity contribution in [1.82, 2.24) is 0 Å². The van der Waals surface area contributed by atoms with E-state index in [0.29, 0.717) is 12.5 Å². The standard InChI is InChI=1S/C25H31N/c1-8-18(6)16-26-25-15-24(22(9-2)19(7)23(25)10-3)21-13-11-20(12-14-21)17(4)5/h8-9,11-15,17,26H,1-2,6,10,16H2,3-5,7H3. The van der Waals surface area contributed by atoms with Crippen molar-refractivity contribution >= 4 is 11.8 Å². The van der Waals surface area contributed by atoms with Crippen molar-refractivity contribution in [3.63, 3.8) is 0 Å². The fourth-order valence-corrected chi connectivity index (χ4v) is 3.32. The van der Waals surface area contributed by atoms with Crippen molar-refractivity contribution < 1.29 is 0 Å². The van der Waals surface area contributed by atoms with Crippen molar-refractivity contribution in [2.75, 3.05) is 11.9 Å². The second-order valence-electron chi connectivity index (χ2n) is 7.04. The van der Waals surface area contributed by atoms with E-state index in [2.05, 4.69) is 83.1 Å². The third-order valence-corrected chi connectivity index (χ3v) is 5.00. The summed E-state index contributed by atoms with van der Waals surface area (Å²) >= 11 is 0. The molecule has 0 radical (unpaired) electrons. The van der Waals surface area contributed by atoms with E-state index in [4.69, 9.17) is 0 Å². The highest BCUT2D eigenvalue weighted by Gasteiger charge is 2.14. The molecule has 0 aliphatic carbocycles. The molecule has 0 fully saturated rings. The first-order valence-corrected chi connectivity index (χ1v) is 9.36. The molecule has 0 bridgehead atoms. The highest BCUT2D eigenvalue weighted by Crippen LogP contribution is 2.35. The maximum absolute atomic E-state index is 4.07. The van der Waals surface area contributed by atoms with Gasteiger partial charge in [0, 0.05) is 12.2 Å². The van der Waals surface area contributed by atoms with Gasteiger partial charge in [-0.2, -0.15) is 0 Å². The molecular formula is C25H31N. The Bertz CT molecular complexity index is 807. The van der Waals surface area contributed by atoms with Crippen LogP contribution in [0, 0.1) is 6.92 Å². The first-order valence-electron chi connectivity index (χ1n) is 9.36. The summed E-state index contributed by atoms with van der Waals surface area (Å²) in [6, 6.07) is 11.1. The van der Waals surface area contributed by atoms with Crippen LogP contribution in [0.2, 0.25) is 0 Å². The smallest absolute Gasteiger partial charge is 0.0394 e. The summed E-state index contributed by atoms with van der Waals surface area (Å²) in [5.74, 6) is 0.536. The van der Waals surface area contributed by atoms with Crippen molar-refractivity contribution in [3.8, 4) is 11.1 Å². The Hall–Kier alpha value is -2.54. The summed E-state index contributed by atoms with van der Waals surface area (Å²) in [6.45, 7) is 21.4. The molecule has 2 aromatic rings. The van der Waals surface area contributed by atoms with E-state index in [0.717, 1.165) is 12.0 Å². The summed E-state index contributed by atoms with van der Waals surface area (Å²) < 4.78 is 0. The molecule has 0 atom stereocenters. The molecule has 136 valence electrons. The maximum Gasteiger partial charge on any atom is 0.0394 e. The first kappa shape index (κ1) is 19.8. The molecule has 26 heavy (non-hydrogen) atoms. The van der Waals surface area contributed by atoms with Crippen LogP contribution in [-0.4, -0.2) is 6.54 Å². The lowest BCUT2D eigenvalue weighted by atomic mass is 9.89. The zero-order valence-corrected chi connectivity index (χ0v) is 16.7. The molecule has 0 amide bonds. The molecule has 0 heterocycles. The first-order chi connectivity index (χ1) is 12.4. The van der Waals surface area contributed by atoms with Gasteiger partial charge in [0.15, 0.2) is 0 Å². The van der Waals surface area contributed by atoms with E-state index in [-0.39, 0.29) is 0 Å². The summed E-state index contributed by atoms with van der Waals surface area (Å²) in [6.07, 6.45) is 4.75. The summed E-state index contributed by atoms with van der Waals surface area (Å²) in [7, 11) is 0. The second kappa shape index (κ2) is 8.71. The fourth-order valence-electron chi connectivity index (χ4n) is 3.32. The molecule has 0 saturated heterocycles. The molecule has 0 aliphatic heterocycles. The van der Waals surface area contributed by atoms with Gasteiger partial charge in [-0.1, -0.05) is 76.9 Å². The highest BCUT2D eigenvalue weighted by molar-refractivity contribution is 5.82. The largest absolute Gasteiger partial charge is 0.381 e. The maximum atomic E-state index is 4.07. The molecule has 0 spiro atoms. The van der Waals surface area contributed by atoms with Crippen LogP contribution in [0.3, 0.4) is 0 Å². The van der Waals surface area contributed by atoms with Crippen LogP contribution in [0.15, 0.2) is 61.7 Å². The Morgan fingerprint density at radius 3 is 2.31 bits per heavy atom. The van der Waals surface area contributed by atoms with Crippen molar-refractivity contribution in [2.24, 2.45) is 0 Å². The Morgan fingerprint density at radius 2 is 1.81 bits per heavy atom. The number of rotatable bonds is 8. The number of hydrogen-bond acceptors (Lipinski definition) is 1. The van der Waals surface area contributed by atoms with Gasteiger partial charge in [-0.3, -0.25) is 0 Å². The quantitative estimate of drug-likeness (QED) is 0.501. The molecule has 1 nitrogen and oxygen atoms in total. The minimum atomic E-state index is 0.536. The van der Waals surface area contributed by atoms with Gasteiger partial charge < -0.3 is 5.32 Å². The lowest BCUT2D eigenvalue weighted by Gasteiger charge is -2.20. The van der Waals surface area contributed by atoms with Crippen molar-refractivity contribution in [3.05, 3.63) is 84.0 Å². The molecule has 2 rings (SSSR count). The Morgan fingerprint density at radius 1 is 1.15 bits per heavy atom. The average molecular weight is 346 g/mol. The van der Waals surface area contributed by atoms with Crippen molar-refractivity contribution in [2.45, 2.75) is 40.0 Å². The summed E-state index contributed by atoms with van der Waals surface area (Å²) in [5.41, 5.74) is 9.79. The number of benzene rings is 2. The average Bonchev–Trinajstić information content (AvgIpc) is 2.65. The third kappa shape index (κ3) is 4.16. The SMILES string of the molecule is C=CC(=C)CNc1cc(-c2ccc(C(C)C)cc2)c(C=C)c(C)c1CC. The Balaban J connectivity index is 2.56. The van der Waals surface area contributed by atoms with Crippen LogP contribution >= 0.6 is 0 Å². The van der Waals surface area contributed by atoms with E-state index in [1.54, 1.807) is 6.08 Å². The number of nitrogens with one attached hydrogen (secondary N) is 1. The van der Waals surface area contributed by atoms with Gasteiger partial charge in [-0.25, -0.2) is 0 Å². The predicted octanol–water partition coefficient (Wildman–Crippen LogP) is 7.14. The van der Waals surface area contributed by atoms with Gasteiger partial charge in [0.25, 0.3) is 0 Å². The van der Waals surface area contributed by atoms with E-state index in [1.807, 2.05) is 6.08 Å². The zero-order chi connectivity index (χ0) is 19.3. The van der Waals surface area contributed by atoms with Crippen molar-refractivity contribution in [1.29, 1.82) is 0 Å². The van der Waals surface area contributed by atoms with Crippen LogP contribution in [0.1, 0.15) is 48.9 Å². The van der Waals surface area contributed by atoms with Gasteiger partial charge in [0.2, 0.25) is 0 Å². The van der Waals surface area contributed by atoms with Crippen LogP contribution in [0.4, 0.5) is 5.69 Å². The van der Waals surface area contributed by atoms with E-state index >= 15 is 0 Å². The summed E-state index contributed by atoms with van der Waals surface area (Å²) in [5, 5.41) is 3.54. The van der Waals surface area contributed by atoms with E-state index in [9.17, 15) is 0 Å². The van der Waals surface area contributed by atoms with Crippen LogP contribution in [0.25, 0.3) is 17.2 Å². The molecule has 0 unspecified atom stereocenters. The fraction of sp³-hybridized carbons (Fsp3) is 0.280. The molecule has 1 heteroatoms. The number of anilines is 1. The van der Waals surface area contributed by atoms with Gasteiger partial charge in [0.1, 0.15) is 0 Å². The molecule has 0 saturated carbocycles. The van der Waals surface area contributed by atoms with Crippen LogP contribution in [0.5, 0.6) is 0 Å². The van der Waals surface area contributed by atoms with Crippen LogP contribution < -0.4 is 5.32 Å². The molecule has 2 aromatic carbocycles. The Kier molecular flexibility index (Phi) is 6.63. The Labute approximate surface area is 159 Å². The van der Waals surface area contributed by atoms with Gasteiger partial charge >= 0.3 is 0 Å². The highest BCUT2D eigenvalue weighted by atomic mass is 14.9. The molecular weight excluding hydrogens is 314 g/mol. The van der Waals surface area contributed by atoms with E-state index in [1.165, 1.54) is 39.1 Å². The normalized spacial score (nSPS) is 10.7. The van der Waals surface area contributed by atoms with E-state index < -0.39 is 0 Å². The van der Waals surface area contributed by atoms with Gasteiger partial charge in [-0.05, 0) is 64.3 Å². The molecule has 0 aromatic heterocycles. The van der Waals surface area contributed by atoms with Crippen LogP contribution in [-0.2, 0) is 6.42 Å². The zero-order valence-electron chi connectivity index (χ0n) is 16.7. The minimum absolute atomic E-state index is 0.536. The lowest BCUT2D eigenvalue weighted by molar-refractivity contribution is 0.867. The molecule has 1 N–H and O–H groups in total. The monoisotopic (exact) mass is 345 g/mol. The van der Waals surface area contributed by atoms with Gasteiger partial charge in [-0.15, -0.1) is 0 Å². The second-order valence-corrected chi connectivity index (χ2v) is 7.04.